The van der Waals surface area contributed by atoms with Gasteiger partial charge in [0, 0.05) is 37.4 Å². The minimum absolute atomic E-state index is 0.0541. The fourth-order valence-electron chi connectivity index (χ4n) is 6.28. The van der Waals surface area contributed by atoms with Crippen LogP contribution >= 0.6 is 0 Å². The van der Waals surface area contributed by atoms with E-state index in [2.05, 4.69) is 9.88 Å². The van der Waals surface area contributed by atoms with E-state index in [-0.39, 0.29) is 30.2 Å². The average Bonchev–Trinajstić information content (AvgIpc) is 3.34. The molecule has 198 valence electrons. The lowest BCUT2D eigenvalue weighted by Gasteiger charge is -2.39. The summed E-state index contributed by atoms with van der Waals surface area (Å²) in [6.45, 7) is 1.71. The number of carboxylic acid groups (broad SMARTS) is 1. The number of piperidine rings is 1. The molecular weight excluding hydrogens is 487 g/mol. The van der Waals surface area contributed by atoms with Crippen LogP contribution in [0.4, 0.5) is 13.2 Å². The lowest BCUT2D eigenvalue weighted by Crippen LogP contribution is -2.49. The van der Waals surface area contributed by atoms with Gasteiger partial charge in [-0.05, 0) is 74.5 Å². The van der Waals surface area contributed by atoms with Crippen LogP contribution in [0.1, 0.15) is 54.5 Å². The van der Waals surface area contributed by atoms with Crippen LogP contribution in [-0.2, 0) is 34.1 Å². The summed E-state index contributed by atoms with van der Waals surface area (Å²) in [6.07, 6.45) is -0.360. The number of amides is 1. The second-order valence-corrected chi connectivity index (χ2v) is 10.5. The number of halogens is 3. The second-order valence-electron chi connectivity index (χ2n) is 10.5. The largest absolute Gasteiger partial charge is 0.508 e. The van der Waals surface area contributed by atoms with Crippen molar-refractivity contribution in [3.8, 4) is 5.75 Å². The summed E-state index contributed by atoms with van der Waals surface area (Å²) >= 11 is 0. The maximum absolute atomic E-state index is 14.2. The Bertz CT molecular complexity index is 1200. The van der Waals surface area contributed by atoms with Gasteiger partial charge in [0.05, 0.1) is 16.9 Å². The molecule has 0 bridgehead atoms. The standard InChI is InChI=1S/C27H30F3N3O4/c28-27(29,30)20-12-18-16-33(11-7-23(18)31-15-20)25(37)26(19-2-1-3-22(34)13-19)8-4-21(14-26)32-9-5-17(6-10-32)24(35)36/h1-3,12-13,15,17,21,34H,4-11,14,16H2,(H,35,36). The van der Waals surface area contributed by atoms with Crippen molar-refractivity contribution in [2.24, 2.45) is 5.92 Å². The molecule has 10 heteroatoms. The lowest BCUT2D eigenvalue weighted by atomic mass is 9.76. The molecule has 0 radical (unpaired) electrons. The monoisotopic (exact) mass is 517 g/mol. The zero-order valence-corrected chi connectivity index (χ0v) is 20.4. The number of phenolic OH excluding ortho intramolecular Hbond substituents is 1. The number of nitrogens with zero attached hydrogens (tertiary/aromatic N) is 3. The Morgan fingerprint density at radius 3 is 2.51 bits per heavy atom. The number of rotatable bonds is 4. The minimum atomic E-state index is -4.51. The van der Waals surface area contributed by atoms with E-state index in [1.54, 1.807) is 23.1 Å². The molecule has 0 spiro atoms. The van der Waals surface area contributed by atoms with Gasteiger partial charge in [-0.25, -0.2) is 0 Å². The average molecular weight is 518 g/mol. The number of hydrogen-bond donors (Lipinski definition) is 2. The van der Waals surface area contributed by atoms with Crippen molar-refractivity contribution in [1.82, 2.24) is 14.8 Å². The van der Waals surface area contributed by atoms with Gasteiger partial charge >= 0.3 is 12.1 Å². The maximum atomic E-state index is 14.2. The minimum Gasteiger partial charge on any atom is -0.508 e. The normalized spacial score (nSPS) is 25.2. The van der Waals surface area contributed by atoms with Crippen molar-refractivity contribution in [3.05, 3.63) is 58.9 Å². The van der Waals surface area contributed by atoms with Gasteiger partial charge in [0.25, 0.3) is 0 Å². The van der Waals surface area contributed by atoms with Gasteiger partial charge in [0.2, 0.25) is 5.91 Å². The van der Waals surface area contributed by atoms with Crippen LogP contribution in [-0.4, -0.2) is 62.5 Å². The van der Waals surface area contributed by atoms with Gasteiger partial charge < -0.3 is 20.0 Å². The summed E-state index contributed by atoms with van der Waals surface area (Å²) in [5, 5.41) is 19.5. The van der Waals surface area contributed by atoms with Crippen molar-refractivity contribution < 1.29 is 33.0 Å². The summed E-state index contributed by atoms with van der Waals surface area (Å²) in [4.78, 5) is 33.5. The summed E-state index contributed by atoms with van der Waals surface area (Å²) in [5.74, 6) is -1.22. The van der Waals surface area contributed by atoms with Gasteiger partial charge in [-0.1, -0.05) is 12.1 Å². The third kappa shape index (κ3) is 4.91. The Labute approximate surface area is 212 Å². The molecule has 2 aromatic rings. The second kappa shape index (κ2) is 9.63. The SMILES string of the molecule is O=C(O)C1CCN(C2CCC(C(=O)N3CCc4ncc(C(F)(F)F)cc4C3)(c3cccc(O)c3)C2)CC1. The van der Waals surface area contributed by atoms with E-state index in [1.165, 1.54) is 0 Å². The molecule has 5 rings (SSSR count). The number of phenols is 1. The van der Waals surface area contributed by atoms with E-state index in [9.17, 15) is 33.0 Å². The molecule has 1 aliphatic carbocycles. The Hall–Kier alpha value is -3.14. The quantitative estimate of drug-likeness (QED) is 0.638. The number of carbonyl (C=O) groups is 2. The number of aliphatic carboxylic acids is 1. The van der Waals surface area contributed by atoms with Gasteiger partial charge in [-0.15, -0.1) is 0 Å². The Kier molecular flexibility index (Phi) is 6.64. The molecule has 1 aromatic heterocycles. The Morgan fingerprint density at radius 1 is 1.08 bits per heavy atom. The molecule has 2 aliphatic heterocycles. The van der Waals surface area contributed by atoms with Crippen molar-refractivity contribution >= 4 is 11.9 Å². The number of benzene rings is 1. The summed E-state index contributed by atoms with van der Waals surface area (Å²) in [6, 6.07) is 7.86. The number of carboxylic acids is 1. The first-order valence-electron chi connectivity index (χ1n) is 12.7. The highest BCUT2D eigenvalue weighted by Gasteiger charge is 2.50. The van der Waals surface area contributed by atoms with Crippen LogP contribution in [0.5, 0.6) is 5.75 Å². The topological polar surface area (TPSA) is 94.0 Å². The van der Waals surface area contributed by atoms with E-state index in [4.69, 9.17) is 0 Å². The molecule has 1 amide bonds. The zero-order valence-electron chi connectivity index (χ0n) is 20.4. The summed E-state index contributed by atoms with van der Waals surface area (Å²) < 4.78 is 39.9. The van der Waals surface area contributed by atoms with Gasteiger partial charge in [-0.2, -0.15) is 13.2 Å². The molecule has 1 aromatic carbocycles. The molecule has 3 aliphatic rings. The van der Waals surface area contributed by atoms with Crippen LogP contribution in [0.2, 0.25) is 0 Å². The van der Waals surface area contributed by atoms with Crippen LogP contribution in [0.25, 0.3) is 0 Å². The summed E-state index contributed by atoms with van der Waals surface area (Å²) in [7, 11) is 0. The molecule has 2 unspecified atom stereocenters. The molecule has 1 saturated carbocycles. The number of fused-ring (bicyclic) bond motifs is 1. The maximum Gasteiger partial charge on any atom is 0.417 e. The van der Waals surface area contributed by atoms with E-state index in [1.807, 2.05) is 6.07 Å². The van der Waals surface area contributed by atoms with E-state index < -0.39 is 23.1 Å². The van der Waals surface area contributed by atoms with E-state index in [0.29, 0.717) is 68.6 Å². The third-order valence-corrected chi connectivity index (χ3v) is 8.35. The fraction of sp³-hybridized carbons (Fsp3) is 0.519. The van der Waals surface area contributed by atoms with Gasteiger partial charge in [-0.3, -0.25) is 14.6 Å². The first kappa shape index (κ1) is 25.5. The fourth-order valence-corrected chi connectivity index (χ4v) is 6.28. The highest BCUT2D eigenvalue weighted by atomic mass is 19.4. The van der Waals surface area contributed by atoms with Crippen molar-refractivity contribution in [2.45, 2.75) is 62.7 Å². The first-order chi connectivity index (χ1) is 17.6. The predicted molar refractivity (Wildman–Crippen MR) is 128 cm³/mol. The molecule has 2 fully saturated rings. The zero-order chi connectivity index (χ0) is 26.4. The number of hydrogen-bond acceptors (Lipinski definition) is 5. The highest BCUT2D eigenvalue weighted by molar-refractivity contribution is 5.89. The molecule has 3 heterocycles. The Balaban J connectivity index is 1.41. The van der Waals surface area contributed by atoms with E-state index >= 15 is 0 Å². The molecular formula is C27H30F3N3O4. The molecule has 7 nitrogen and oxygen atoms in total. The number of carbonyl (C=O) groups excluding carboxylic acids is 1. The van der Waals surface area contributed by atoms with Crippen LogP contribution < -0.4 is 0 Å². The Morgan fingerprint density at radius 2 is 1.84 bits per heavy atom. The van der Waals surface area contributed by atoms with Crippen LogP contribution in [0.15, 0.2) is 36.5 Å². The summed E-state index contributed by atoms with van der Waals surface area (Å²) in [5.41, 5.74) is -0.0539. The number of aromatic nitrogens is 1. The first-order valence-corrected chi connectivity index (χ1v) is 12.7. The van der Waals surface area contributed by atoms with Crippen LogP contribution in [0.3, 0.4) is 0 Å². The molecule has 2 N–H and O–H groups in total. The predicted octanol–water partition coefficient (Wildman–Crippen LogP) is 3.98. The van der Waals surface area contributed by atoms with Crippen LogP contribution in [0, 0.1) is 5.92 Å². The van der Waals surface area contributed by atoms with Crippen molar-refractivity contribution in [2.75, 3.05) is 19.6 Å². The van der Waals surface area contributed by atoms with E-state index in [0.717, 1.165) is 18.7 Å². The van der Waals surface area contributed by atoms with Gasteiger partial charge in [0.1, 0.15) is 5.75 Å². The number of aromatic hydroxyl groups is 1. The molecule has 37 heavy (non-hydrogen) atoms. The lowest BCUT2D eigenvalue weighted by molar-refractivity contribution is -0.143. The third-order valence-electron chi connectivity index (χ3n) is 8.35. The highest BCUT2D eigenvalue weighted by Crippen LogP contribution is 2.46. The van der Waals surface area contributed by atoms with Crippen molar-refractivity contribution in [3.63, 3.8) is 0 Å². The molecule has 2 atom stereocenters. The number of likely N-dealkylation sites (tertiary alicyclic amines) is 1. The van der Waals surface area contributed by atoms with Gasteiger partial charge in [0.15, 0.2) is 0 Å². The number of alkyl halides is 3. The molecule has 1 saturated heterocycles. The van der Waals surface area contributed by atoms with Crippen molar-refractivity contribution in [1.29, 1.82) is 0 Å². The smallest absolute Gasteiger partial charge is 0.417 e. The number of pyridine rings is 1.